The minimum absolute atomic E-state index is 0. The van der Waals surface area contributed by atoms with Gasteiger partial charge in [0, 0.05) is 11.7 Å². The fourth-order valence-electron chi connectivity index (χ4n) is 2.00. The number of aromatic nitrogens is 1. The number of carbonyl (C=O) groups excluding carboxylic acids is 1. The molecule has 17 heavy (non-hydrogen) atoms. The van der Waals surface area contributed by atoms with Crippen LogP contribution in [0.3, 0.4) is 0 Å². The monoisotopic (exact) mass is 255 g/mol. The lowest BCUT2D eigenvalue weighted by Crippen LogP contribution is -2.44. The maximum absolute atomic E-state index is 11.6. The summed E-state index contributed by atoms with van der Waals surface area (Å²) in [4.78, 5) is 15.7. The Labute approximate surface area is 107 Å². The van der Waals surface area contributed by atoms with Gasteiger partial charge < -0.3 is 11.1 Å². The molecule has 1 heterocycles. The highest BCUT2D eigenvalue weighted by molar-refractivity contribution is 5.85. The zero-order valence-electron chi connectivity index (χ0n) is 9.85. The van der Waals surface area contributed by atoms with Gasteiger partial charge in [0.05, 0.1) is 18.3 Å². The van der Waals surface area contributed by atoms with Gasteiger partial charge in [-0.15, -0.1) is 12.4 Å². The van der Waals surface area contributed by atoms with E-state index < -0.39 is 0 Å². The smallest absolute Gasteiger partial charge is 0.226 e. The Hall–Kier alpha value is -1.29. The molecule has 0 bridgehead atoms. The zero-order chi connectivity index (χ0) is 11.5. The van der Waals surface area contributed by atoms with E-state index in [2.05, 4.69) is 17.2 Å². The Morgan fingerprint density at radius 3 is 2.76 bits per heavy atom. The van der Waals surface area contributed by atoms with E-state index in [0.717, 1.165) is 24.5 Å². The molecule has 1 aliphatic rings. The van der Waals surface area contributed by atoms with Crippen molar-refractivity contribution >= 4 is 24.0 Å². The number of nitrogen functional groups attached to an aromatic ring is 1. The minimum Gasteiger partial charge on any atom is -0.397 e. The lowest BCUT2D eigenvalue weighted by atomic mass is 9.82. The number of nitrogens with zero attached hydrogens (tertiary/aromatic N) is 1. The Balaban J connectivity index is 0.00000144. The molecule has 4 nitrogen and oxygen atoms in total. The van der Waals surface area contributed by atoms with E-state index in [0.29, 0.717) is 18.2 Å². The highest BCUT2D eigenvalue weighted by atomic mass is 35.5. The quantitative estimate of drug-likeness (QED) is 0.861. The molecular weight excluding hydrogens is 238 g/mol. The van der Waals surface area contributed by atoms with Crippen molar-refractivity contribution in [1.82, 2.24) is 10.3 Å². The summed E-state index contributed by atoms with van der Waals surface area (Å²) < 4.78 is 0. The Bertz CT molecular complexity index is 374. The number of halogens is 1. The lowest BCUT2D eigenvalue weighted by molar-refractivity contribution is -0.122. The van der Waals surface area contributed by atoms with Crippen LogP contribution in [0.15, 0.2) is 18.3 Å². The molecule has 5 heteroatoms. The van der Waals surface area contributed by atoms with Crippen molar-refractivity contribution in [2.24, 2.45) is 5.92 Å². The molecule has 0 atom stereocenters. The molecule has 1 aromatic rings. The molecule has 0 unspecified atom stereocenters. The molecule has 1 aliphatic carbocycles. The normalized spacial score (nSPS) is 22.2. The summed E-state index contributed by atoms with van der Waals surface area (Å²) >= 11 is 0. The lowest BCUT2D eigenvalue weighted by Gasteiger charge is -2.33. The SMILES string of the molecule is CC1CC(NC(=O)Cc2ccc(N)cn2)C1.Cl. The number of pyridine rings is 1. The van der Waals surface area contributed by atoms with E-state index >= 15 is 0 Å². The van der Waals surface area contributed by atoms with Crippen molar-refractivity contribution in [1.29, 1.82) is 0 Å². The van der Waals surface area contributed by atoms with E-state index in [4.69, 9.17) is 5.73 Å². The standard InChI is InChI=1S/C12H17N3O.ClH/c1-8-4-11(5-8)15-12(16)6-10-3-2-9(13)7-14-10;/h2-3,7-8,11H,4-6,13H2,1H3,(H,15,16);1H. The average molecular weight is 256 g/mol. The number of amides is 1. The number of hydrogen-bond donors (Lipinski definition) is 2. The van der Waals surface area contributed by atoms with Gasteiger partial charge in [0.25, 0.3) is 0 Å². The average Bonchev–Trinajstić information content (AvgIpc) is 2.19. The third kappa shape index (κ3) is 3.89. The van der Waals surface area contributed by atoms with Crippen LogP contribution >= 0.6 is 12.4 Å². The zero-order valence-corrected chi connectivity index (χ0v) is 10.7. The molecule has 0 spiro atoms. The first-order valence-corrected chi connectivity index (χ1v) is 5.63. The molecule has 94 valence electrons. The van der Waals surface area contributed by atoms with Crippen molar-refractivity contribution in [3.8, 4) is 0 Å². The van der Waals surface area contributed by atoms with Crippen LogP contribution in [0.25, 0.3) is 0 Å². The second-order valence-corrected chi connectivity index (χ2v) is 4.60. The van der Waals surface area contributed by atoms with Gasteiger partial charge in [0.1, 0.15) is 0 Å². The number of nitrogens with one attached hydrogen (secondary N) is 1. The maximum Gasteiger partial charge on any atom is 0.226 e. The van der Waals surface area contributed by atoms with Gasteiger partial charge in [0.2, 0.25) is 5.91 Å². The van der Waals surface area contributed by atoms with Crippen molar-refractivity contribution in [3.05, 3.63) is 24.0 Å². The molecule has 1 saturated carbocycles. The molecule has 0 aromatic carbocycles. The van der Waals surface area contributed by atoms with Crippen LogP contribution in [0.4, 0.5) is 5.69 Å². The van der Waals surface area contributed by atoms with Crippen LogP contribution in [-0.4, -0.2) is 16.9 Å². The first-order valence-electron chi connectivity index (χ1n) is 5.63. The first-order chi connectivity index (χ1) is 7.63. The third-order valence-electron chi connectivity index (χ3n) is 2.93. The predicted octanol–water partition coefficient (Wildman–Crippen LogP) is 1.54. The summed E-state index contributed by atoms with van der Waals surface area (Å²) in [7, 11) is 0. The van der Waals surface area contributed by atoms with Crippen LogP contribution in [0.1, 0.15) is 25.5 Å². The summed E-state index contributed by atoms with van der Waals surface area (Å²) in [5, 5.41) is 3.00. The van der Waals surface area contributed by atoms with Crippen LogP contribution in [-0.2, 0) is 11.2 Å². The predicted molar refractivity (Wildman–Crippen MR) is 69.9 cm³/mol. The number of anilines is 1. The van der Waals surface area contributed by atoms with Crippen LogP contribution in [0.5, 0.6) is 0 Å². The van der Waals surface area contributed by atoms with E-state index in [1.807, 2.05) is 0 Å². The van der Waals surface area contributed by atoms with E-state index in [1.54, 1.807) is 18.3 Å². The van der Waals surface area contributed by atoms with Gasteiger partial charge >= 0.3 is 0 Å². The molecular formula is C12H18ClN3O. The van der Waals surface area contributed by atoms with E-state index in [9.17, 15) is 4.79 Å². The molecule has 0 radical (unpaired) electrons. The number of nitrogens with two attached hydrogens (primary N) is 1. The molecule has 0 saturated heterocycles. The summed E-state index contributed by atoms with van der Waals surface area (Å²) in [6, 6.07) is 3.93. The topological polar surface area (TPSA) is 68.0 Å². The van der Waals surface area contributed by atoms with Crippen molar-refractivity contribution < 1.29 is 4.79 Å². The summed E-state index contributed by atoms with van der Waals surface area (Å²) in [6.45, 7) is 2.20. The van der Waals surface area contributed by atoms with E-state index in [1.165, 1.54) is 0 Å². The Morgan fingerprint density at radius 1 is 1.53 bits per heavy atom. The number of rotatable bonds is 3. The summed E-state index contributed by atoms with van der Waals surface area (Å²) in [5.74, 6) is 0.800. The number of carbonyl (C=O) groups is 1. The molecule has 1 fully saturated rings. The number of hydrogen-bond acceptors (Lipinski definition) is 3. The Morgan fingerprint density at radius 2 is 2.24 bits per heavy atom. The molecule has 1 amide bonds. The molecule has 2 rings (SSSR count). The van der Waals surface area contributed by atoms with Crippen molar-refractivity contribution in [2.75, 3.05) is 5.73 Å². The third-order valence-corrected chi connectivity index (χ3v) is 2.93. The Kier molecular flexibility index (Phi) is 4.75. The highest BCUT2D eigenvalue weighted by Gasteiger charge is 2.26. The molecule has 3 N–H and O–H groups in total. The van der Waals surface area contributed by atoms with Gasteiger partial charge in [-0.3, -0.25) is 9.78 Å². The summed E-state index contributed by atoms with van der Waals surface area (Å²) in [5.41, 5.74) is 6.91. The fourth-order valence-corrected chi connectivity index (χ4v) is 2.00. The molecule has 1 aromatic heterocycles. The van der Waals surface area contributed by atoms with Crippen molar-refractivity contribution in [3.63, 3.8) is 0 Å². The minimum atomic E-state index is 0. The highest BCUT2D eigenvalue weighted by Crippen LogP contribution is 2.26. The van der Waals surface area contributed by atoms with Gasteiger partial charge in [-0.05, 0) is 30.9 Å². The molecule has 0 aliphatic heterocycles. The first kappa shape index (κ1) is 13.8. The van der Waals surface area contributed by atoms with Gasteiger partial charge in [0.15, 0.2) is 0 Å². The second-order valence-electron chi connectivity index (χ2n) is 4.60. The summed E-state index contributed by atoms with van der Waals surface area (Å²) in [6.07, 6.45) is 4.11. The second kappa shape index (κ2) is 5.87. The van der Waals surface area contributed by atoms with Crippen LogP contribution in [0, 0.1) is 5.92 Å². The van der Waals surface area contributed by atoms with Crippen LogP contribution in [0.2, 0.25) is 0 Å². The largest absolute Gasteiger partial charge is 0.397 e. The van der Waals surface area contributed by atoms with Gasteiger partial charge in [-0.25, -0.2) is 0 Å². The van der Waals surface area contributed by atoms with Gasteiger partial charge in [-0.1, -0.05) is 6.92 Å². The van der Waals surface area contributed by atoms with Crippen molar-refractivity contribution in [2.45, 2.75) is 32.2 Å². The fraction of sp³-hybridized carbons (Fsp3) is 0.500. The van der Waals surface area contributed by atoms with E-state index in [-0.39, 0.29) is 18.3 Å². The maximum atomic E-state index is 11.6. The van der Waals surface area contributed by atoms with Crippen LogP contribution < -0.4 is 11.1 Å². The van der Waals surface area contributed by atoms with Gasteiger partial charge in [-0.2, -0.15) is 0 Å².